The molecule has 0 fully saturated rings. The van der Waals surface area contributed by atoms with E-state index in [9.17, 15) is 13.6 Å². The third-order valence-electron chi connectivity index (χ3n) is 6.49. The molecule has 1 heterocycles. The van der Waals surface area contributed by atoms with Gasteiger partial charge in [-0.15, -0.1) is 5.11 Å². The number of amidine groups is 1. The molecule has 0 unspecified atom stereocenters. The third-order valence-corrected chi connectivity index (χ3v) is 6.49. The molecule has 3 aromatic carbocycles. The number of halogens is 2. The molecule has 0 saturated carbocycles. The molecule has 0 spiro atoms. The van der Waals surface area contributed by atoms with Gasteiger partial charge in [0, 0.05) is 18.5 Å². The van der Waals surface area contributed by atoms with Crippen molar-refractivity contribution in [2.24, 2.45) is 16.2 Å². The van der Waals surface area contributed by atoms with Crippen LogP contribution in [-0.2, 0) is 13.0 Å². The summed E-state index contributed by atoms with van der Waals surface area (Å²) in [6.45, 7) is 1.70. The van der Waals surface area contributed by atoms with Crippen molar-refractivity contribution < 1.29 is 13.6 Å². The number of nitrogens with zero attached hydrogens (tertiary/aromatic N) is 4. The number of imidazole rings is 1. The summed E-state index contributed by atoms with van der Waals surface area (Å²) < 4.78 is 27.1. The summed E-state index contributed by atoms with van der Waals surface area (Å²) in [6, 6.07) is 23.4. The zero-order chi connectivity index (χ0) is 28.5. The van der Waals surface area contributed by atoms with Crippen molar-refractivity contribution in [1.82, 2.24) is 14.9 Å². The number of nitrogens with two attached hydrogens (primary N) is 1. The molecular weight excluding hydrogens is 512 g/mol. The Morgan fingerprint density at radius 3 is 2.45 bits per heavy atom. The number of aromatic nitrogens is 2. The Balaban J connectivity index is 1.67. The van der Waals surface area contributed by atoms with Crippen LogP contribution in [0.3, 0.4) is 0 Å². The molecule has 0 aliphatic carbocycles. The summed E-state index contributed by atoms with van der Waals surface area (Å²) in [7, 11) is 0. The fourth-order valence-corrected chi connectivity index (χ4v) is 4.45. The predicted octanol–water partition coefficient (Wildman–Crippen LogP) is 6.25. The number of carbonyl (C=O) groups is 1. The Morgan fingerprint density at radius 2 is 1.77 bits per heavy atom. The number of carbonyl (C=O) groups excluding carboxylic acids is 1. The summed E-state index contributed by atoms with van der Waals surface area (Å²) >= 11 is 0. The lowest BCUT2D eigenvalue weighted by atomic mass is 9.93. The largest absolute Gasteiger partial charge is 0.345 e. The van der Waals surface area contributed by atoms with E-state index in [0.29, 0.717) is 18.5 Å². The molecular formula is C30H31F2N7O. The van der Waals surface area contributed by atoms with Crippen LogP contribution in [0.2, 0.25) is 0 Å². The fourth-order valence-electron chi connectivity index (χ4n) is 4.45. The second-order valence-electron chi connectivity index (χ2n) is 9.24. The first-order valence-electron chi connectivity index (χ1n) is 13.0. The van der Waals surface area contributed by atoms with Gasteiger partial charge in [-0.25, -0.2) is 13.8 Å². The molecule has 4 rings (SSSR count). The third kappa shape index (κ3) is 6.82. The van der Waals surface area contributed by atoms with Gasteiger partial charge in [0.05, 0.1) is 12.7 Å². The molecule has 0 aliphatic rings. The van der Waals surface area contributed by atoms with Crippen molar-refractivity contribution in [2.75, 3.05) is 6.54 Å². The van der Waals surface area contributed by atoms with Gasteiger partial charge in [-0.2, -0.15) is 0 Å². The smallest absolute Gasteiger partial charge is 0.269 e. The second-order valence-corrected chi connectivity index (χ2v) is 9.24. The van der Waals surface area contributed by atoms with Crippen molar-refractivity contribution in [2.45, 2.75) is 39.2 Å². The Hall–Kier alpha value is -4.73. The number of amides is 1. The number of nitrogens with one attached hydrogen (secondary N) is 2. The van der Waals surface area contributed by atoms with E-state index in [2.05, 4.69) is 27.6 Å². The van der Waals surface area contributed by atoms with Gasteiger partial charge in [0.15, 0.2) is 5.84 Å². The Bertz CT molecular complexity index is 1480. The lowest BCUT2D eigenvalue weighted by Gasteiger charge is -2.14. The molecule has 0 bridgehead atoms. The average Bonchev–Trinajstić information content (AvgIpc) is 3.37. The van der Waals surface area contributed by atoms with Crippen LogP contribution in [0.1, 0.15) is 47.2 Å². The van der Waals surface area contributed by atoms with Crippen molar-refractivity contribution in [1.29, 1.82) is 5.41 Å². The maximum atomic E-state index is 12.7. The van der Waals surface area contributed by atoms with Crippen molar-refractivity contribution >= 4 is 11.7 Å². The van der Waals surface area contributed by atoms with Crippen LogP contribution in [0.5, 0.6) is 0 Å². The molecule has 10 heteroatoms. The topological polar surface area (TPSA) is 122 Å². The van der Waals surface area contributed by atoms with E-state index >= 15 is 0 Å². The molecule has 1 aromatic heterocycles. The molecule has 0 saturated heterocycles. The van der Waals surface area contributed by atoms with E-state index in [-0.39, 0.29) is 11.5 Å². The summed E-state index contributed by atoms with van der Waals surface area (Å²) in [5.74, 6) is 5.31. The number of benzene rings is 3. The predicted molar refractivity (Wildman–Crippen MR) is 151 cm³/mol. The number of rotatable bonds is 11. The standard InChI is InChI=1S/C30H31F2N7O/c1-2-3-9-28-35-17-26(30(40)36-18-27(31)32)39(28)19-20-10-12-22(13-11-20)25-16-23(21-7-5-4-6-8-21)14-15-24(25)29(33)37-38-34/h4-8,10-17,27H,2-3,9,18-19H2,1H3,(H,36,40)(H3,33,34,37). The fraction of sp³-hybridized carbons (Fsp3) is 0.233. The van der Waals surface area contributed by atoms with Gasteiger partial charge in [0.2, 0.25) is 0 Å². The number of unbranched alkanes of at least 4 members (excludes halogenated alkanes) is 1. The minimum absolute atomic E-state index is 0.0559. The number of aryl methyl sites for hydroxylation is 1. The zero-order valence-corrected chi connectivity index (χ0v) is 22.1. The Labute approximate surface area is 231 Å². The Morgan fingerprint density at radius 1 is 1.05 bits per heavy atom. The molecule has 4 aromatic rings. The second kappa shape index (κ2) is 13.4. The zero-order valence-electron chi connectivity index (χ0n) is 22.1. The van der Waals surface area contributed by atoms with E-state index in [1.54, 1.807) is 4.57 Å². The number of alkyl halides is 2. The van der Waals surface area contributed by atoms with Gasteiger partial charge in [-0.1, -0.05) is 79.2 Å². The van der Waals surface area contributed by atoms with Crippen LogP contribution in [0.4, 0.5) is 8.78 Å². The van der Waals surface area contributed by atoms with E-state index in [4.69, 9.17) is 11.3 Å². The molecule has 8 nitrogen and oxygen atoms in total. The highest BCUT2D eigenvalue weighted by Gasteiger charge is 2.18. The normalized spacial score (nSPS) is 11.3. The summed E-state index contributed by atoms with van der Waals surface area (Å²) in [5.41, 5.74) is 5.41. The molecule has 40 heavy (non-hydrogen) atoms. The molecule has 0 atom stereocenters. The highest BCUT2D eigenvalue weighted by atomic mass is 19.3. The van der Waals surface area contributed by atoms with Gasteiger partial charge >= 0.3 is 0 Å². The summed E-state index contributed by atoms with van der Waals surface area (Å²) in [5, 5.41) is 17.6. The lowest BCUT2D eigenvalue weighted by Crippen LogP contribution is -2.30. The average molecular weight is 544 g/mol. The first-order valence-corrected chi connectivity index (χ1v) is 13.0. The minimum atomic E-state index is -2.63. The van der Waals surface area contributed by atoms with Gasteiger partial charge in [0.25, 0.3) is 12.3 Å². The van der Waals surface area contributed by atoms with Crippen LogP contribution < -0.4 is 11.2 Å². The van der Waals surface area contributed by atoms with E-state index in [0.717, 1.165) is 46.5 Å². The van der Waals surface area contributed by atoms with Crippen molar-refractivity contribution in [3.8, 4) is 22.3 Å². The molecule has 206 valence electrons. The van der Waals surface area contributed by atoms with Crippen molar-refractivity contribution in [3.63, 3.8) is 0 Å². The first-order chi connectivity index (χ1) is 19.4. The number of hydrogen-bond acceptors (Lipinski definition) is 4. The van der Waals surface area contributed by atoms with E-state index in [1.807, 2.05) is 72.8 Å². The van der Waals surface area contributed by atoms with Gasteiger partial charge < -0.3 is 15.7 Å². The molecule has 4 N–H and O–H groups in total. The monoisotopic (exact) mass is 543 g/mol. The van der Waals surface area contributed by atoms with E-state index in [1.165, 1.54) is 6.20 Å². The Kier molecular flexibility index (Phi) is 9.45. The highest BCUT2D eigenvalue weighted by Crippen LogP contribution is 2.31. The van der Waals surface area contributed by atoms with Crippen LogP contribution in [-0.4, -0.2) is 34.3 Å². The molecule has 1 amide bonds. The number of hydrogen-bond donors (Lipinski definition) is 3. The maximum absolute atomic E-state index is 12.7. The summed E-state index contributed by atoms with van der Waals surface area (Å²) in [6.07, 6.45) is 1.33. The van der Waals surface area contributed by atoms with Crippen molar-refractivity contribution in [3.05, 3.63) is 102 Å². The first kappa shape index (κ1) is 28.3. The van der Waals surface area contributed by atoms with Crippen LogP contribution in [0.25, 0.3) is 22.3 Å². The van der Waals surface area contributed by atoms with Gasteiger partial charge in [0.1, 0.15) is 11.5 Å². The molecule has 0 aliphatic heterocycles. The summed E-state index contributed by atoms with van der Waals surface area (Å²) in [4.78, 5) is 17.1. The molecule has 0 radical (unpaired) electrons. The van der Waals surface area contributed by atoms with Crippen LogP contribution in [0.15, 0.2) is 89.3 Å². The lowest BCUT2D eigenvalue weighted by molar-refractivity contribution is 0.0883. The van der Waals surface area contributed by atoms with Gasteiger partial charge in [-0.3, -0.25) is 10.2 Å². The van der Waals surface area contributed by atoms with Crippen LogP contribution in [0, 0.1) is 5.41 Å². The minimum Gasteiger partial charge on any atom is -0.345 e. The maximum Gasteiger partial charge on any atom is 0.269 e. The van der Waals surface area contributed by atoms with Crippen LogP contribution >= 0.6 is 0 Å². The van der Waals surface area contributed by atoms with Gasteiger partial charge in [-0.05, 0) is 46.4 Å². The van der Waals surface area contributed by atoms with E-state index < -0.39 is 18.9 Å². The SMILES string of the molecule is CCCCc1ncc(C(=O)NCC(F)F)n1Cc1ccc(-c2cc(-c3ccccc3)ccc2C(=N)N=NN)cc1. The quantitative estimate of drug-likeness (QED) is 0.0681. The highest BCUT2D eigenvalue weighted by molar-refractivity contribution is 6.03.